The number of aliphatic hydroxyl groups is 1. The standard InChI is InChI=1S/C22H26N6O6S/c1-13-9-10-18(34-13)21-24-25-22(28(21)19-16(32-4)7-6-8-17(19)33-5)26-35(30,31)14(2)20(29)15-11-27(3)12-23-15/h6-12,14,20,29H,1-5H3,(H,25,26). The third-order valence-corrected chi connectivity index (χ3v) is 7.15. The van der Waals surface area contributed by atoms with E-state index in [1.165, 1.54) is 32.0 Å². The number of ether oxygens (including phenoxy) is 2. The summed E-state index contributed by atoms with van der Waals surface area (Å²) in [5, 5.41) is 17.7. The summed E-state index contributed by atoms with van der Waals surface area (Å²) in [6, 6.07) is 8.57. The zero-order chi connectivity index (χ0) is 25.3. The number of imidazole rings is 1. The molecule has 0 saturated carbocycles. The largest absolute Gasteiger partial charge is 0.494 e. The van der Waals surface area contributed by atoms with Gasteiger partial charge < -0.3 is 23.6 Å². The highest BCUT2D eigenvalue weighted by Gasteiger charge is 2.33. The van der Waals surface area contributed by atoms with E-state index in [1.54, 1.807) is 55.1 Å². The normalized spacial score (nSPS) is 13.4. The number of aromatic nitrogens is 5. The van der Waals surface area contributed by atoms with Crippen molar-refractivity contribution in [3.63, 3.8) is 0 Å². The fourth-order valence-corrected chi connectivity index (χ4v) is 4.60. The summed E-state index contributed by atoms with van der Waals surface area (Å²) in [6.07, 6.45) is 1.65. The van der Waals surface area contributed by atoms with Crippen LogP contribution in [-0.2, 0) is 17.1 Å². The van der Waals surface area contributed by atoms with Crippen LogP contribution in [0.2, 0.25) is 0 Å². The van der Waals surface area contributed by atoms with Crippen LogP contribution in [0.1, 0.15) is 24.5 Å². The molecule has 4 rings (SSSR count). The fraction of sp³-hybridized carbons (Fsp3) is 0.318. The summed E-state index contributed by atoms with van der Waals surface area (Å²) in [5.74, 6) is 1.84. The van der Waals surface area contributed by atoms with Gasteiger partial charge in [-0.15, -0.1) is 10.2 Å². The number of hydrogen-bond acceptors (Lipinski definition) is 9. The fourth-order valence-electron chi connectivity index (χ4n) is 3.54. The molecule has 35 heavy (non-hydrogen) atoms. The number of para-hydroxylation sites is 1. The van der Waals surface area contributed by atoms with Crippen molar-refractivity contribution < 1.29 is 27.4 Å². The lowest BCUT2D eigenvalue weighted by Crippen LogP contribution is -2.32. The number of furan rings is 1. The Balaban J connectivity index is 1.83. The second-order valence-electron chi connectivity index (χ2n) is 7.87. The number of nitrogens with one attached hydrogen (secondary N) is 1. The van der Waals surface area contributed by atoms with E-state index < -0.39 is 21.4 Å². The Hall–Kier alpha value is -3.84. The van der Waals surface area contributed by atoms with Gasteiger partial charge in [-0.05, 0) is 38.1 Å². The molecule has 2 unspecified atom stereocenters. The topological polar surface area (TPSA) is 147 Å². The van der Waals surface area contributed by atoms with Crippen molar-refractivity contribution >= 4 is 16.0 Å². The molecule has 12 nitrogen and oxygen atoms in total. The Morgan fingerprint density at radius 3 is 2.34 bits per heavy atom. The first-order valence-corrected chi connectivity index (χ1v) is 12.1. The highest BCUT2D eigenvalue weighted by molar-refractivity contribution is 7.93. The molecular formula is C22H26N6O6S. The number of aliphatic hydroxyl groups excluding tert-OH is 1. The minimum atomic E-state index is -4.17. The number of hydrogen-bond donors (Lipinski definition) is 2. The number of aryl methyl sites for hydroxylation is 2. The van der Waals surface area contributed by atoms with Gasteiger partial charge in [-0.2, -0.15) is 0 Å². The van der Waals surface area contributed by atoms with Crippen LogP contribution in [0.25, 0.3) is 17.3 Å². The molecule has 186 valence electrons. The predicted octanol–water partition coefficient (Wildman–Crippen LogP) is 2.45. The highest BCUT2D eigenvalue weighted by atomic mass is 32.2. The molecule has 0 amide bonds. The van der Waals surface area contributed by atoms with Gasteiger partial charge in [-0.25, -0.2) is 13.4 Å². The number of anilines is 1. The molecule has 0 saturated heterocycles. The first kappa shape index (κ1) is 24.3. The number of benzene rings is 1. The van der Waals surface area contributed by atoms with Gasteiger partial charge in [0.1, 0.15) is 34.3 Å². The Morgan fingerprint density at radius 1 is 1.11 bits per heavy atom. The first-order valence-electron chi connectivity index (χ1n) is 10.6. The summed E-state index contributed by atoms with van der Waals surface area (Å²) in [4.78, 5) is 4.06. The number of methoxy groups -OCH3 is 2. The van der Waals surface area contributed by atoms with Crippen LogP contribution in [0.15, 0.2) is 47.3 Å². The van der Waals surface area contributed by atoms with Gasteiger partial charge in [0.05, 0.1) is 26.2 Å². The van der Waals surface area contributed by atoms with Crippen LogP contribution in [0.3, 0.4) is 0 Å². The lowest BCUT2D eigenvalue weighted by Gasteiger charge is -2.20. The summed E-state index contributed by atoms with van der Waals surface area (Å²) < 4.78 is 48.9. The minimum absolute atomic E-state index is 0.142. The van der Waals surface area contributed by atoms with Gasteiger partial charge in [0, 0.05) is 13.2 Å². The summed E-state index contributed by atoms with van der Waals surface area (Å²) in [5.41, 5.74) is 0.590. The average molecular weight is 503 g/mol. The van der Waals surface area contributed by atoms with Gasteiger partial charge in [0.25, 0.3) is 0 Å². The van der Waals surface area contributed by atoms with Crippen LogP contribution in [0.4, 0.5) is 5.95 Å². The Kier molecular flexibility index (Phi) is 6.54. The van der Waals surface area contributed by atoms with Crippen LogP contribution < -0.4 is 14.2 Å². The Labute approximate surface area is 202 Å². The van der Waals surface area contributed by atoms with E-state index in [4.69, 9.17) is 13.9 Å². The zero-order valence-corrected chi connectivity index (χ0v) is 20.6. The molecule has 3 heterocycles. The van der Waals surface area contributed by atoms with Crippen molar-refractivity contribution in [2.75, 3.05) is 18.9 Å². The smallest absolute Gasteiger partial charge is 0.243 e. The van der Waals surface area contributed by atoms with Crippen molar-refractivity contribution in [3.05, 3.63) is 54.3 Å². The van der Waals surface area contributed by atoms with Crippen molar-refractivity contribution in [2.24, 2.45) is 7.05 Å². The summed E-state index contributed by atoms with van der Waals surface area (Å²) in [7, 11) is 0.516. The monoisotopic (exact) mass is 502 g/mol. The van der Waals surface area contributed by atoms with Gasteiger partial charge in [0.2, 0.25) is 21.8 Å². The summed E-state index contributed by atoms with van der Waals surface area (Å²) in [6.45, 7) is 3.15. The SMILES string of the molecule is COc1cccc(OC)c1-n1c(NS(=O)(=O)C(C)C(O)c2cn(C)cn2)nnc1-c1ccc(C)o1. The average Bonchev–Trinajstić information content (AvgIpc) is 3.57. The third-order valence-electron chi connectivity index (χ3n) is 5.44. The van der Waals surface area contributed by atoms with E-state index in [9.17, 15) is 13.5 Å². The molecule has 0 radical (unpaired) electrons. The molecule has 0 spiro atoms. The van der Waals surface area contributed by atoms with Crippen LogP contribution in [-0.4, -0.2) is 57.3 Å². The van der Waals surface area contributed by atoms with E-state index in [-0.39, 0.29) is 17.5 Å². The maximum absolute atomic E-state index is 13.3. The van der Waals surface area contributed by atoms with E-state index in [0.29, 0.717) is 28.7 Å². The number of rotatable bonds is 9. The number of sulfonamides is 1. The van der Waals surface area contributed by atoms with E-state index in [1.807, 2.05) is 0 Å². The molecular weight excluding hydrogens is 476 g/mol. The van der Waals surface area contributed by atoms with Crippen molar-refractivity contribution in [3.8, 4) is 28.8 Å². The highest BCUT2D eigenvalue weighted by Crippen LogP contribution is 2.38. The van der Waals surface area contributed by atoms with Crippen molar-refractivity contribution in [1.82, 2.24) is 24.3 Å². The second kappa shape index (κ2) is 9.43. The lowest BCUT2D eigenvalue weighted by molar-refractivity contribution is 0.172. The lowest BCUT2D eigenvalue weighted by atomic mass is 10.2. The molecule has 1 aromatic carbocycles. The minimum Gasteiger partial charge on any atom is -0.494 e. The molecule has 4 aromatic rings. The molecule has 0 aliphatic heterocycles. The quantitative estimate of drug-likeness (QED) is 0.352. The first-order chi connectivity index (χ1) is 16.7. The second-order valence-corrected chi connectivity index (χ2v) is 9.90. The zero-order valence-electron chi connectivity index (χ0n) is 19.8. The van der Waals surface area contributed by atoms with Crippen LogP contribution in [0.5, 0.6) is 11.5 Å². The molecule has 0 fully saturated rings. The van der Waals surface area contributed by atoms with Gasteiger partial charge in [0.15, 0.2) is 5.76 Å². The molecule has 3 aromatic heterocycles. The van der Waals surface area contributed by atoms with E-state index >= 15 is 0 Å². The van der Waals surface area contributed by atoms with Crippen molar-refractivity contribution in [2.45, 2.75) is 25.2 Å². The van der Waals surface area contributed by atoms with Crippen LogP contribution in [0, 0.1) is 6.92 Å². The molecule has 0 aliphatic rings. The molecule has 2 atom stereocenters. The van der Waals surface area contributed by atoms with E-state index in [0.717, 1.165) is 0 Å². The van der Waals surface area contributed by atoms with Gasteiger partial charge in [-0.1, -0.05) is 6.07 Å². The molecule has 0 aliphatic carbocycles. The molecule has 13 heteroatoms. The maximum Gasteiger partial charge on any atom is 0.243 e. The predicted molar refractivity (Wildman–Crippen MR) is 127 cm³/mol. The van der Waals surface area contributed by atoms with Gasteiger partial charge >= 0.3 is 0 Å². The van der Waals surface area contributed by atoms with E-state index in [2.05, 4.69) is 19.9 Å². The Morgan fingerprint density at radius 2 is 1.80 bits per heavy atom. The summed E-state index contributed by atoms with van der Waals surface area (Å²) >= 11 is 0. The van der Waals surface area contributed by atoms with Gasteiger partial charge in [-0.3, -0.25) is 9.29 Å². The van der Waals surface area contributed by atoms with Crippen molar-refractivity contribution in [1.29, 1.82) is 0 Å². The molecule has 0 bridgehead atoms. The molecule has 2 N–H and O–H groups in total. The van der Waals surface area contributed by atoms with Crippen LogP contribution >= 0.6 is 0 Å². The third kappa shape index (κ3) is 4.59. The maximum atomic E-state index is 13.3. The number of nitrogens with zero attached hydrogens (tertiary/aromatic N) is 5. The Bertz CT molecular complexity index is 1420.